The summed E-state index contributed by atoms with van der Waals surface area (Å²) in [5.41, 5.74) is 2.08. The monoisotopic (exact) mass is 561 g/mol. The maximum absolute atomic E-state index is 15.9. The number of halogens is 2. The first kappa shape index (κ1) is 28.4. The number of phenolic OH excluding ortho intramolecular Hbond substituents is 1. The maximum atomic E-state index is 15.9. The lowest BCUT2D eigenvalue weighted by molar-refractivity contribution is -0.181. The quantitative estimate of drug-likeness (QED) is 0.377. The van der Waals surface area contributed by atoms with Gasteiger partial charge in [0, 0.05) is 36.7 Å². The standard InChI is InChI=1S/C28H33F2N3O7/c1-32(2)22-16-8-13-7-15-19(17(34)9-14(21(15)30)11-33(6-5-29)10-12-3-4-12)23(35)18(13)25(37)28(16,40)26(38)20(24(22)36)27(31)39/h9,12-13,16,18,20,22,34,40H,3-8,10-11H2,1-2H3,(H2,31,39)/t13-,16-,18?,20?,22-,28-/m0/s1. The van der Waals surface area contributed by atoms with Gasteiger partial charge in [-0.2, -0.15) is 0 Å². The molecule has 3 fully saturated rings. The molecular formula is C28H33F2N3O7. The molecule has 2 unspecified atom stereocenters. The Kier molecular flexibility index (Phi) is 7.16. The second-order valence-electron chi connectivity index (χ2n) is 11.9. The van der Waals surface area contributed by atoms with Crippen molar-refractivity contribution < 1.29 is 43.0 Å². The van der Waals surface area contributed by atoms with Crippen LogP contribution in [0.4, 0.5) is 8.78 Å². The number of alkyl halides is 1. The fraction of sp³-hybridized carbons (Fsp3) is 0.607. The van der Waals surface area contributed by atoms with E-state index in [0.29, 0.717) is 12.5 Å². The highest BCUT2D eigenvalue weighted by Crippen LogP contribution is 2.51. The van der Waals surface area contributed by atoms with E-state index in [2.05, 4.69) is 0 Å². The largest absolute Gasteiger partial charge is 0.507 e. The van der Waals surface area contributed by atoms with Crippen molar-refractivity contribution in [2.45, 2.75) is 43.9 Å². The molecular weight excluding hydrogens is 528 g/mol. The van der Waals surface area contributed by atoms with E-state index >= 15 is 4.39 Å². The zero-order valence-corrected chi connectivity index (χ0v) is 22.4. The third-order valence-corrected chi connectivity index (χ3v) is 9.08. The molecule has 4 aliphatic rings. The van der Waals surface area contributed by atoms with Gasteiger partial charge in [-0.3, -0.25) is 33.8 Å². The number of primary amides is 1. The van der Waals surface area contributed by atoms with Crippen LogP contribution in [0.2, 0.25) is 0 Å². The van der Waals surface area contributed by atoms with Crippen LogP contribution in [0.25, 0.3) is 0 Å². The molecule has 1 aromatic rings. The summed E-state index contributed by atoms with van der Waals surface area (Å²) >= 11 is 0. The Morgan fingerprint density at radius 1 is 1.18 bits per heavy atom. The number of amides is 1. The van der Waals surface area contributed by atoms with Gasteiger partial charge in [0.2, 0.25) is 5.91 Å². The van der Waals surface area contributed by atoms with E-state index in [1.165, 1.54) is 19.0 Å². The van der Waals surface area contributed by atoms with Gasteiger partial charge in [-0.05, 0) is 57.7 Å². The number of aromatic hydroxyl groups is 1. The fourth-order valence-electron chi connectivity index (χ4n) is 7.08. The number of carbonyl (C=O) groups excluding carboxylic acids is 5. The molecule has 40 heavy (non-hydrogen) atoms. The van der Waals surface area contributed by atoms with E-state index in [-0.39, 0.29) is 37.1 Å². The number of fused-ring (bicyclic) bond motifs is 3. The molecule has 4 aliphatic carbocycles. The average Bonchev–Trinajstić information content (AvgIpc) is 3.68. The van der Waals surface area contributed by atoms with Gasteiger partial charge in [0.1, 0.15) is 18.2 Å². The lowest BCUT2D eigenvalue weighted by atomic mass is 9.52. The van der Waals surface area contributed by atoms with Crippen LogP contribution in [0.3, 0.4) is 0 Å². The van der Waals surface area contributed by atoms with Crippen molar-refractivity contribution >= 4 is 29.0 Å². The summed E-state index contributed by atoms with van der Waals surface area (Å²) in [5, 5.41) is 22.4. The van der Waals surface area contributed by atoms with Gasteiger partial charge in [-0.15, -0.1) is 0 Å². The summed E-state index contributed by atoms with van der Waals surface area (Å²) in [6, 6.07) is -0.131. The first-order chi connectivity index (χ1) is 18.8. The van der Waals surface area contributed by atoms with Gasteiger partial charge < -0.3 is 15.9 Å². The number of benzene rings is 1. The van der Waals surface area contributed by atoms with E-state index in [9.17, 15) is 38.6 Å². The molecule has 3 saturated carbocycles. The summed E-state index contributed by atoms with van der Waals surface area (Å²) in [6.45, 7) is 0.0737. The minimum absolute atomic E-state index is 0.0247. The van der Waals surface area contributed by atoms with E-state index in [1.54, 1.807) is 4.90 Å². The van der Waals surface area contributed by atoms with Crippen LogP contribution in [0.1, 0.15) is 40.7 Å². The Bertz CT molecular complexity index is 1310. The Labute approximate surface area is 229 Å². The number of likely N-dealkylation sites (N-methyl/N-ethyl adjacent to an activating group) is 1. The molecule has 1 amide bonds. The molecule has 0 bridgehead atoms. The molecule has 0 spiro atoms. The number of rotatable bonds is 8. The number of hydrogen-bond donors (Lipinski definition) is 3. The Hall–Kier alpha value is -3.09. The van der Waals surface area contributed by atoms with Crippen LogP contribution in [0.5, 0.6) is 5.75 Å². The first-order valence-corrected chi connectivity index (χ1v) is 13.5. The van der Waals surface area contributed by atoms with Crippen molar-refractivity contribution in [3.05, 3.63) is 28.6 Å². The predicted octanol–water partition coefficient (Wildman–Crippen LogP) is 0.188. The van der Waals surface area contributed by atoms with Gasteiger partial charge in [0.25, 0.3) is 0 Å². The van der Waals surface area contributed by atoms with Gasteiger partial charge >= 0.3 is 0 Å². The average molecular weight is 562 g/mol. The molecule has 216 valence electrons. The molecule has 4 N–H and O–H groups in total. The maximum Gasteiger partial charge on any atom is 0.235 e. The highest BCUT2D eigenvalue weighted by molar-refractivity contribution is 6.32. The van der Waals surface area contributed by atoms with Crippen LogP contribution in [0.15, 0.2) is 6.07 Å². The summed E-state index contributed by atoms with van der Waals surface area (Å²) in [5.74, 6) is -12.3. The molecule has 5 rings (SSSR count). The second kappa shape index (κ2) is 10.1. The normalized spacial score (nSPS) is 31.8. The number of nitrogens with zero attached hydrogens (tertiary/aromatic N) is 2. The molecule has 6 atom stereocenters. The smallest absolute Gasteiger partial charge is 0.235 e. The van der Waals surface area contributed by atoms with Crippen LogP contribution in [-0.2, 0) is 32.1 Å². The van der Waals surface area contributed by atoms with Gasteiger partial charge in [-0.1, -0.05) is 0 Å². The van der Waals surface area contributed by atoms with Crippen molar-refractivity contribution in [3.63, 3.8) is 0 Å². The zero-order valence-electron chi connectivity index (χ0n) is 22.4. The summed E-state index contributed by atoms with van der Waals surface area (Å²) < 4.78 is 29.1. The molecule has 10 nitrogen and oxygen atoms in total. The lowest BCUT2D eigenvalue weighted by Crippen LogP contribution is -2.74. The summed E-state index contributed by atoms with van der Waals surface area (Å²) in [4.78, 5) is 69.0. The minimum atomic E-state index is -2.83. The molecule has 0 saturated heterocycles. The van der Waals surface area contributed by atoms with E-state index in [0.717, 1.165) is 18.9 Å². The van der Waals surface area contributed by atoms with Crippen molar-refractivity contribution in [1.29, 1.82) is 0 Å². The topological polar surface area (TPSA) is 158 Å². The Balaban J connectivity index is 1.54. The zero-order chi connectivity index (χ0) is 29.3. The fourth-order valence-corrected chi connectivity index (χ4v) is 7.08. The summed E-state index contributed by atoms with van der Waals surface area (Å²) in [6.07, 6.45) is 1.70. The number of nitrogens with two attached hydrogens (primary N) is 1. The van der Waals surface area contributed by atoms with Crippen LogP contribution in [0, 0.1) is 35.4 Å². The molecule has 0 heterocycles. The SMILES string of the molecule is CN(C)[C@@H]1C(=O)C(C(N)=O)C(=O)[C@@]2(O)C(=O)C3C(=O)c4c(O)cc(CN(CCF)CC5CC5)c(F)c4C[C@H]3C[C@@H]12. The number of Topliss-reactive ketones (excluding diaryl/α,β-unsaturated/α-hetero) is 4. The third kappa shape index (κ3) is 4.27. The van der Waals surface area contributed by atoms with Crippen molar-refractivity contribution in [2.24, 2.45) is 35.3 Å². The highest BCUT2D eigenvalue weighted by atomic mass is 19.1. The second-order valence-corrected chi connectivity index (χ2v) is 11.9. The van der Waals surface area contributed by atoms with Crippen molar-refractivity contribution in [2.75, 3.05) is 33.9 Å². The highest BCUT2D eigenvalue weighted by Gasteiger charge is 2.69. The molecule has 12 heteroatoms. The molecule has 0 aliphatic heterocycles. The Morgan fingerprint density at radius 2 is 1.85 bits per heavy atom. The number of carbonyl (C=O) groups is 5. The molecule has 1 aromatic carbocycles. The lowest BCUT2D eigenvalue weighted by Gasteiger charge is -2.52. The molecule has 0 aromatic heterocycles. The predicted molar refractivity (Wildman–Crippen MR) is 135 cm³/mol. The van der Waals surface area contributed by atoms with Crippen LogP contribution in [-0.4, -0.2) is 94.6 Å². The number of hydrogen-bond acceptors (Lipinski definition) is 9. The van der Waals surface area contributed by atoms with Crippen molar-refractivity contribution in [1.82, 2.24) is 9.80 Å². The third-order valence-electron chi connectivity index (χ3n) is 9.08. The van der Waals surface area contributed by atoms with Crippen LogP contribution >= 0.6 is 0 Å². The number of phenols is 1. The van der Waals surface area contributed by atoms with Gasteiger partial charge in [-0.25, -0.2) is 8.78 Å². The molecule has 0 radical (unpaired) electrons. The Morgan fingerprint density at radius 3 is 2.42 bits per heavy atom. The van der Waals surface area contributed by atoms with Crippen LogP contribution < -0.4 is 5.73 Å². The van der Waals surface area contributed by atoms with E-state index in [1.807, 2.05) is 0 Å². The number of aliphatic hydroxyl groups is 1. The summed E-state index contributed by atoms with van der Waals surface area (Å²) in [7, 11) is 2.98. The minimum Gasteiger partial charge on any atom is -0.507 e. The number of ketones is 4. The van der Waals surface area contributed by atoms with E-state index < -0.39 is 88.2 Å². The van der Waals surface area contributed by atoms with Crippen molar-refractivity contribution in [3.8, 4) is 5.75 Å². The first-order valence-electron chi connectivity index (χ1n) is 13.5. The van der Waals surface area contributed by atoms with Gasteiger partial charge in [0.15, 0.2) is 34.7 Å². The van der Waals surface area contributed by atoms with E-state index in [4.69, 9.17) is 5.73 Å². The van der Waals surface area contributed by atoms with Gasteiger partial charge in [0.05, 0.1) is 17.5 Å².